The van der Waals surface area contributed by atoms with Gasteiger partial charge in [-0.25, -0.2) is 4.39 Å². The van der Waals surface area contributed by atoms with Gasteiger partial charge in [-0.3, -0.25) is 19.8 Å². The average molecular weight is 464 g/mol. The number of anilines is 1. The average Bonchev–Trinajstić information content (AvgIpc) is 2.80. The van der Waals surface area contributed by atoms with E-state index in [1.54, 1.807) is 24.3 Å². The number of nitrogens with zero attached hydrogens (tertiary/aromatic N) is 1. The van der Waals surface area contributed by atoms with Gasteiger partial charge in [0, 0.05) is 0 Å². The summed E-state index contributed by atoms with van der Waals surface area (Å²) in [6.07, 6.45) is 1.20. The maximum Gasteiger partial charge on any atom is 0.270 e. The zero-order chi connectivity index (χ0) is 23.5. The van der Waals surface area contributed by atoms with Gasteiger partial charge in [-0.15, -0.1) is 0 Å². The normalized spacial score (nSPS) is 14.9. The third kappa shape index (κ3) is 4.53. The number of phenolic OH excluding ortho intramolecular Hbond substituents is 1. The highest BCUT2D eigenvalue weighted by molar-refractivity contribution is 7.80. The second-order valence-electron chi connectivity index (χ2n) is 6.92. The second kappa shape index (κ2) is 9.09. The Morgan fingerprint density at radius 2 is 1.70 bits per heavy atom. The van der Waals surface area contributed by atoms with Crippen molar-refractivity contribution in [3.63, 3.8) is 0 Å². The third-order valence-electron chi connectivity index (χ3n) is 4.76. The van der Waals surface area contributed by atoms with Gasteiger partial charge in [-0.1, -0.05) is 18.2 Å². The predicted molar refractivity (Wildman–Crippen MR) is 124 cm³/mol. The molecule has 0 unspecified atom stereocenters. The Labute approximate surface area is 193 Å². The van der Waals surface area contributed by atoms with Gasteiger partial charge in [-0.05, 0) is 72.4 Å². The van der Waals surface area contributed by atoms with Gasteiger partial charge in [0.2, 0.25) is 0 Å². The second-order valence-corrected chi connectivity index (χ2v) is 7.31. The molecule has 166 valence electrons. The van der Waals surface area contributed by atoms with Crippen molar-refractivity contribution in [2.24, 2.45) is 0 Å². The molecule has 9 heteroatoms. The van der Waals surface area contributed by atoms with Gasteiger partial charge in [0.1, 0.15) is 17.1 Å². The van der Waals surface area contributed by atoms with E-state index in [0.717, 1.165) is 11.0 Å². The predicted octanol–water partition coefficient (Wildman–Crippen LogP) is 4.16. The molecule has 0 aromatic heterocycles. The highest BCUT2D eigenvalue weighted by atomic mass is 32.1. The minimum absolute atomic E-state index is 0.0895. The Hall–Kier alpha value is -4.24. The first-order valence-electron chi connectivity index (χ1n) is 9.68. The number of halogens is 1. The standard InChI is InChI=1S/C24H17FN2O5S/c1-31-20-13-14(12-19(25)21(20)28)11-18-22(29)26-24(33)27(23(18)30)15-7-9-17(10-8-15)32-16-5-3-2-4-6-16/h2-13,28H,1H3,(H,26,29,33). The van der Waals surface area contributed by atoms with Crippen molar-refractivity contribution < 1.29 is 28.6 Å². The summed E-state index contributed by atoms with van der Waals surface area (Å²) in [5.41, 5.74) is 0.297. The van der Waals surface area contributed by atoms with Crippen LogP contribution >= 0.6 is 12.2 Å². The van der Waals surface area contributed by atoms with E-state index < -0.39 is 23.4 Å². The fourth-order valence-electron chi connectivity index (χ4n) is 3.18. The summed E-state index contributed by atoms with van der Waals surface area (Å²) >= 11 is 5.20. The minimum atomic E-state index is -0.953. The number of phenols is 1. The zero-order valence-electron chi connectivity index (χ0n) is 17.2. The molecule has 7 nitrogen and oxygen atoms in total. The molecule has 0 saturated carbocycles. The molecule has 33 heavy (non-hydrogen) atoms. The number of benzene rings is 3. The summed E-state index contributed by atoms with van der Waals surface area (Å²) in [5, 5.41) is 12.0. The van der Waals surface area contributed by atoms with Crippen LogP contribution in [0.2, 0.25) is 0 Å². The van der Waals surface area contributed by atoms with E-state index in [4.69, 9.17) is 21.7 Å². The van der Waals surface area contributed by atoms with E-state index in [1.165, 1.54) is 19.3 Å². The lowest BCUT2D eigenvalue weighted by molar-refractivity contribution is -0.122. The van der Waals surface area contributed by atoms with Crippen LogP contribution in [0.15, 0.2) is 72.3 Å². The summed E-state index contributed by atoms with van der Waals surface area (Å²) in [6, 6.07) is 18.1. The molecule has 1 aliphatic heterocycles. The van der Waals surface area contributed by atoms with Gasteiger partial charge >= 0.3 is 0 Å². The lowest BCUT2D eigenvalue weighted by atomic mass is 10.1. The van der Waals surface area contributed by atoms with Crippen molar-refractivity contribution in [2.45, 2.75) is 0 Å². The van der Waals surface area contributed by atoms with Crippen molar-refractivity contribution in [3.8, 4) is 23.0 Å². The van der Waals surface area contributed by atoms with E-state index in [0.29, 0.717) is 17.2 Å². The first-order chi connectivity index (χ1) is 15.9. The van der Waals surface area contributed by atoms with E-state index in [2.05, 4.69) is 5.32 Å². The smallest absolute Gasteiger partial charge is 0.270 e. The molecule has 1 saturated heterocycles. The van der Waals surface area contributed by atoms with Crippen molar-refractivity contribution in [3.05, 3.63) is 83.7 Å². The molecular formula is C24H17FN2O5S. The number of hydrogen-bond acceptors (Lipinski definition) is 6. The van der Waals surface area contributed by atoms with Crippen LogP contribution < -0.4 is 19.7 Å². The SMILES string of the molecule is COc1cc(C=C2C(=O)NC(=S)N(c3ccc(Oc4ccccc4)cc3)C2=O)cc(F)c1O. The molecule has 3 aromatic rings. The molecule has 0 spiro atoms. The summed E-state index contributed by atoms with van der Waals surface area (Å²) in [4.78, 5) is 26.7. The van der Waals surface area contributed by atoms with Crippen LogP contribution in [-0.2, 0) is 9.59 Å². The maximum atomic E-state index is 14.0. The topological polar surface area (TPSA) is 88.1 Å². The first-order valence-corrected chi connectivity index (χ1v) is 10.1. The van der Waals surface area contributed by atoms with Crippen molar-refractivity contribution in [1.29, 1.82) is 0 Å². The molecule has 0 bridgehead atoms. The Morgan fingerprint density at radius 3 is 2.36 bits per heavy atom. The number of carbonyl (C=O) groups is 2. The number of nitrogens with one attached hydrogen (secondary N) is 1. The monoisotopic (exact) mass is 464 g/mol. The molecule has 0 atom stereocenters. The van der Waals surface area contributed by atoms with Gasteiger partial charge in [0.05, 0.1) is 12.8 Å². The van der Waals surface area contributed by atoms with Gasteiger partial charge < -0.3 is 14.6 Å². The molecular weight excluding hydrogens is 447 g/mol. The quantitative estimate of drug-likeness (QED) is 0.335. The number of methoxy groups -OCH3 is 1. The zero-order valence-corrected chi connectivity index (χ0v) is 18.1. The van der Waals surface area contributed by atoms with Gasteiger partial charge in [-0.2, -0.15) is 0 Å². The summed E-state index contributed by atoms with van der Waals surface area (Å²) in [6.45, 7) is 0. The minimum Gasteiger partial charge on any atom is -0.502 e. The van der Waals surface area contributed by atoms with E-state index in [-0.39, 0.29) is 22.0 Å². The number of thiocarbonyl (C=S) groups is 1. The number of amides is 2. The van der Waals surface area contributed by atoms with Crippen LogP contribution in [0, 0.1) is 5.82 Å². The number of aromatic hydroxyl groups is 1. The number of rotatable bonds is 5. The van der Waals surface area contributed by atoms with Crippen LogP contribution in [-0.4, -0.2) is 29.1 Å². The highest BCUT2D eigenvalue weighted by Gasteiger charge is 2.34. The molecule has 0 radical (unpaired) electrons. The number of ether oxygens (including phenoxy) is 2. The van der Waals surface area contributed by atoms with Crippen LogP contribution in [0.1, 0.15) is 5.56 Å². The summed E-state index contributed by atoms with van der Waals surface area (Å²) in [5.74, 6) is -1.96. The Kier molecular flexibility index (Phi) is 6.05. The van der Waals surface area contributed by atoms with Crippen molar-refractivity contribution in [2.75, 3.05) is 12.0 Å². The lowest BCUT2D eigenvalue weighted by Crippen LogP contribution is -2.54. The Balaban J connectivity index is 1.63. The molecule has 1 aliphatic rings. The van der Waals surface area contributed by atoms with Crippen molar-refractivity contribution >= 4 is 40.9 Å². The van der Waals surface area contributed by atoms with E-state index in [1.807, 2.05) is 30.3 Å². The Bertz CT molecular complexity index is 1280. The van der Waals surface area contributed by atoms with E-state index in [9.17, 15) is 19.1 Å². The van der Waals surface area contributed by atoms with Crippen LogP contribution in [0.25, 0.3) is 6.08 Å². The summed E-state index contributed by atoms with van der Waals surface area (Å²) in [7, 11) is 1.26. The molecule has 1 fully saturated rings. The van der Waals surface area contributed by atoms with Crippen molar-refractivity contribution in [1.82, 2.24) is 5.32 Å². The number of carbonyl (C=O) groups excluding carboxylic acids is 2. The fraction of sp³-hybridized carbons (Fsp3) is 0.0417. The molecule has 2 amide bonds. The molecule has 4 rings (SSSR count). The number of hydrogen-bond donors (Lipinski definition) is 2. The van der Waals surface area contributed by atoms with Gasteiger partial charge in [0.25, 0.3) is 11.8 Å². The first kappa shape index (κ1) is 22.0. The number of para-hydroxylation sites is 1. The third-order valence-corrected chi connectivity index (χ3v) is 5.04. The van der Waals surface area contributed by atoms with Crippen LogP contribution in [0.3, 0.4) is 0 Å². The Morgan fingerprint density at radius 1 is 1.03 bits per heavy atom. The van der Waals surface area contributed by atoms with E-state index >= 15 is 0 Å². The molecule has 1 heterocycles. The lowest BCUT2D eigenvalue weighted by Gasteiger charge is -2.29. The maximum absolute atomic E-state index is 14.0. The fourth-order valence-corrected chi connectivity index (χ4v) is 3.46. The van der Waals surface area contributed by atoms with Crippen LogP contribution in [0.5, 0.6) is 23.0 Å². The molecule has 2 N–H and O–H groups in total. The largest absolute Gasteiger partial charge is 0.502 e. The highest BCUT2D eigenvalue weighted by Crippen LogP contribution is 2.32. The molecule has 3 aromatic carbocycles. The molecule has 0 aliphatic carbocycles. The van der Waals surface area contributed by atoms with Gasteiger partial charge in [0.15, 0.2) is 22.4 Å². The van der Waals surface area contributed by atoms with Crippen LogP contribution in [0.4, 0.5) is 10.1 Å². The summed E-state index contributed by atoms with van der Waals surface area (Å²) < 4.78 is 24.7.